The molecule has 9 heteroatoms. The lowest BCUT2D eigenvalue weighted by Gasteiger charge is -2.08. The summed E-state index contributed by atoms with van der Waals surface area (Å²) in [6, 6.07) is 3.28. The highest BCUT2D eigenvalue weighted by Gasteiger charge is 2.24. The molecule has 2 rings (SSSR count). The lowest BCUT2D eigenvalue weighted by molar-refractivity contribution is 0.594. The first-order chi connectivity index (χ1) is 9.94. The quantitative estimate of drug-likeness (QED) is 0.716. The Morgan fingerprint density at radius 3 is 2.76 bits per heavy atom. The van der Waals surface area contributed by atoms with Crippen LogP contribution in [0.2, 0.25) is 0 Å². The second kappa shape index (κ2) is 6.54. The third kappa shape index (κ3) is 3.80. The molecule has 2 aromatic rings. The van der Waals surface area contributed by atoms with Crippen LogP contribution >= 0.6 is 15.9 Å². The summed E-state index contributed by atoms with van der Waals surface area (Å²) in [5, 5.41) is 9.70. The molecule has 0 atom stereocenters. The number of halogens is 1. The SMILES string of the molecule is CCNCc1c(S(=O)(=O)Nc2ccc(Br)cn2)n[nH]c1C. The Bertz CT molecular complexity index is 712. The van der Waals surface area contributed by atoms with E-state index < -0.39 is 10.0 Å². The maximum atomic E-state index is 12.4. The Morgan fingerprint density at radius 1 is 1.38 bits per heavy atom. The van der Waals surface area contributed by atoms with Gasteiger partial charge in [-0.25, -0.2) is 4.98 Å². The number of anilines is 1. The fourth-order valence-corrected chi connectivity index (χ4v) is 3.18. The molecule has 3 N–H and O–H groups in total. The van der Waals surface area contributed by atoms with Crippen LogP contribution < -0.4 is 10.0 Å². The smallest absolute Gasteiger partial charge is 0.282 e. The molecule has 2 heterocycles. The van der Waals surface area contributed by atoms with Crippen molar-refractivity contribution in [3.05, 3.63) is 34.1 Å². The summed E-state index contributed by atoms with van der Waals surface area (Å²) < 4.78 is 28.0. The summed E-state index contributed by atoms with van der Waals surface area (Å²) in [4.78, 5) is 4.00. The molecule has 0 saturated heterocycles. The Hall–Kier alpha value is -1.45. The van der Waals surface area contributed by atoms with Crippen LogP contribution in [0.5, 0.6) is 0 Å². The third-order valence-electron chi connectivity index (χ3n) is 2.81. The second-order valence-electron chi connectivity index (χ2n) is 4.38. The van der Waals surface area contributed by atoms with E-state index in [0.717, 1.165) is 16.7 Å². The van der Waals surface area contributed by atoms with Crippen molar-refractivity contribution in [2.24, 2.45) is 0 Å². The number of hydrogen-bond donors (Lipinski definition) is 3. The first kappa shape index (κ1) is 15.9. The van der Waals surface area contributed by atoms with Crippen molar-refractivity contribution in [1.29, 1.82) is 0 Å². The van der Waals surface area contributed by atoms with Crippen molar-refractivity contribution in [3.63, 3.8) is 0 Å². The van der Waals surface area contributed by atoms with Gasteiger partial charge in [0.15, 0.2) is 0 Å². The molecule has 7 nitrogen and oxygen atoms in total. The van der Waals surface area contributed by atoms with Gasteiger partial charge in [-0.3, -0.25) is 9.82 Å². The number of aromatic amines is 1. The third-order valence-corrected chi connectivity index (χ3v) is 4.60. The highest BCUT2D eigenvalue weighted by atomic mass is 79.9. The Labute approximate surface area is 131 Å². The molecule has 0 amide bonds. The van der Waals surface area contributed by atoms with E-state index in [4.69, 9.17) is 0 Å². The van der Waals surface area contributed by atoms with Gasteiger partial charge < -0.3 is 5.32 Å². The van der Waals surface area contributed by atoms with E-state index in [1.807, 2.05) is 6.92 Å². The van der Waals surface area contributed by atoms with Gasteiger partial charge in [0.1, 0.15) is 5.82 Å². The van der Waals surface area contributed by atoms with Gasteiger partial charge in [0.2, 0.25) is 5.03 Å². The molecule has 0 fully saturated rings. The number of hydrogen-bond acceptors (Lipinski definition) is 5. The van der Waals surface area contributed by atoms with Gasteiger partial charge in [0, 0.05) is 28.5 Å². The second-order valence-corrected chi connectivity index (χ2v) is 6.89. The van der Waals surface area contributed by atoms with Crippen molar-refractivity contribution in [3.8, 4) is 0 Å². The average molecular weight is 374 g/mol. The van der Waals surface area contributed by atoms with Crippen molar-refractivity contribution < 1.29 is 8.42 Å². The van der Waals surface area contributed by atoms with E-state index in [0.29, 0.717) is 12.1 Å². The van der Waals surface area contributed by atoms with E-state index >= 15 is 0 Å². The van der Waals surface area contributed by atoms with Gasteiger partial charge in [0.25, 0.3) is 10.0 Å². The highest BCUT2D eigenvalue weighted by Crippen LogP contribution is 2.19. The zero-order valence-electron chi connectivity index (χ0n) is 11.6. The highest BCUT2D eigenvalue weighted by molar-refractivity contribution is 9.10. The van der Waals surface area contributed by atoms with Gasteiger partial charge in [-0.05, 0) is 41.5 Å². The molecule has 21 heavy (non-hydrogen) atoms. The fourth-order valence-electron chi connectivity index (χ4n) is 1.73. The molecule has 114 valence electrons. The predicted molar refractivity (Wildman–Crippen MR) is 83.5 cm³/mol. The first-order valence-corrected chi connectivity index (χ1v) is 8.60. The molecule has 0 aliphatic rings. The Kier molecular flexibility index (Phi) is 4.96. The summed E-state index contributed by atoms with van der Waals surface area (Å²) in [5.74, 6) is 0.244. The summed E-state index contributed by atoms with van der Waals surface area (Å²) in [6.07, 6.45) is 1.52. The minimum atomic E-state index is -3.78. The summed E-state index contributed by atoms with van der Waals surface area (Å²) in [5.41, 5.74) is 1.35. The Balaban J connectivity index is 2.29. The number of pyridine rings is 1. The zero-order chi connectivity index (χ0) is 15.5. The fraction of sp³-hybridized carbons (Fsp3) is 0.333. The minimum absolute atomic E-state index is 0.00864. The molecule has 0 bridgehead atoms. The molecular formula is C12H16BrN5O2S. The monoisotopic (exact) mass is 373 g/mol. The molecule has 0 saturated carbocycles. The van der Waals surface area contributed by atoms with Gasteiger partial charge in [-0.2, -0.15) is 13.5 Å². The number of aromatic nitrogens is 3. The predicted octanol–water partition coefficient (Wildman–Crippen LogP) is 1.79. The summed E-state index contributed by atoms with van der Waals surface area (Å²) in [7, 11) is -3.78. The number of H-pyrrole nitrogens is 1. The van der Waals surface area contributed by atoms with Crippen LogP contribution in [0, 0.1) is 6.92 Å². The standard InChI is InChI=1S/C12H16BrN5O2S/c1-3-14-7-10-8(2)16-17-12(10)21(19,20)18-11-5-4-9(13)6-15-11/h4-6,14H,3,7H2,1-2H3,(H,15,18)(H,16,17). The normalized spacial score (nSPS) is 11.6. The Morgan fingerprint density at radius 2 is 2.14 bits per heavy atom. The zero-order valence-corrected chi connectivity index (χ0v) is 14.0. The molecule has 0 aromatic carbocycles. The molecule has 0 aliphatic carbocycles. The average Bonchev–Trinajstić information content (AvgIpc) is 2.81. The van der Waals surface area contributed by atoms with Crippen molar-refractivity contribution in [2.75, 3.05) is 11.3 Å². The van der Waals surface area contributed by atoms with Crippen molar-refractivity contribution in [1.82, 2.24) is 20.5 Å². The topological polar surface area (TPSA) is 99.8 Å². The summed E-state index contributed by atoms with van der Waals surface area (Å²) >= 11 is 3.25. The van der Waals surface area contributed by atoms with Crippen LogP contribution in [0.1, 0.15) is 18.2 Å². The largest absolute Gasteiger partial charge is 0.313 e. The van der Waals surface area contributed by atoms with Gasteiger partial charge in [-0.1, -0.05) is 6.92 Å². The number of sulfonamides is 1. The van der Waals surface area contributed by atoms with Gasteiger partial charge in [0.05, 0.1) is 0 Å². The number of nitrogens with one attached hydrogen (secondary N) is 3. The molecule has 0 radical (unpaired) electrons. The maximum absolute atomic E-state index is 12.4. The van der Waals surface area contributed by atoms with Crippen molar-refractivity contribution >= 4 is 31.8 Å². The summed E-state index contributed by atoms with van der Waals surface area (Å²) in [6.45, 7) is 4.92. The van der Waals surface area contributed by atoms with Crippen LogP contribution in [0.25, 0.3) is 0 Å². The number of nitrogens with zero attached hydrogens (tertiary/aromatic N) is 2. The van der Waals surface area contributed by atoms with Crippen molar-refractivity contribution in [2.45, 2.75) is 25.4 Å². The molecule has 0 unspecified atom stereocenters. The van der Waals surface area contributed by atoms with Crippen LogP contribution in [-0.4, -0.2) is 30.1 Å². The molecular weight excluding hydrogens is 358 g/mol. The van der Waals surface area contributed by atoms with Gasteiger partial charge >= 0.3 is 0 Å². The van der Waals surface area contributed by atoms with E-state index in [1.54, 1.807) is 19.1 Å². The number of aryl methyl sites for hydroxylation is 1. The molecule has 2 aromatic heterocycles. The maximum Gasteiger partial charge on any atom is 0.282 e. The van der Waals surface area contributed by atoms with E-state index in [9.17, 15) is 8.42 Å². The van der Waals surface area contributed by atoms with Crippen LogP contribution in [0.15, 0.2) is 27.8 Å². The van der Waals surface area contributed by atoms with Crippen LogP contribution in [-0.2, 0) is 16.6 Å². The molecule has 0 spiro atoms. The number of rotatable bonds is 6. The van der Waals surface area contributed by atoms with Crippen LogP contribution in [0.4, 0.5) is 5.82 Å². The lowest BCUT2D eigenvalue weighted by Crippen LogP contribution is -2.19. The van der Waals surface area contributed by atoms with E-state index in [2.05, 4.69) is 41.2 Å². The molecule has 0 aliphatic heterocycles. The lowest BCUT2D eigenvalue weighted by atomic mass is 10.2. The van der Waals surface area contributed by atoms with Crippen LogP contribution in [0.3, 0.4) is 0 Å². The minimum Gasteiger partial charge on any atom is -0.313 e. The van der Waals surface area contributed by atoms with E-state index in [1.165, 1.54) is 6.20 Å². The first-order valence-electron chi connectivity index (χ1n) is 6.33. The van der Waals surface area contributed by atoms with Gasteiger partial charge in [-0.15, -0.1) is 0 Å². The van der Waals surface area contributed by atoms with E-state index in [-0.39, 0.29) is 10.8 Å².